The zero-order valence-corrected chi connectivity index (χ0v) is 20.9. The van der Waals surface area contributed by atoms with Crippen LogP contribution in [0.1, 0.15) is 69.3 Å². The first-order valence-electron chi connectivity index (χ1n) is 11.8. The second-order valence-electron chi connectivity index (χ2n) is 10.4. The molecule has 2 N–H and O–H groups in total. The third kappa shape index (κ3) is 6.39. The Kier molecular flexibility index (Phi) is 7.73. The predicted octanol–water partition coefficient (Wildman–Crippen LogP) is 4.40. The molecule has 0 aromatic heterocycles. The molecule has 3 rings (SSSR count). The van der Waals surface area contributed by atoms with Crippen molar-refractivity contribution in [2.75, 3.05) is 30.4 Å². The van der Waals surface area contributed by atoms with E-state index in [9.17, 15) is 14.4 Å². The van der Waals surface area contributed by atoms with E-state index in [0.29, 0.717) is 36.7 Å². The molecule has 1 aliphatic carbocycles. The first-order valence-corrected chi connectivity index (χ1v) is 11.8. The summed E-state index contributed by atoms with van der Waals surface area (Å²) in [5.41, 5.74) is 0.533. The second kappa shape index (κ2) is 10.2. The molecule has 1 saturated heterocycles. The Morgan fingerprint density at radius 1 is 1.24 bits per heavy atom. The van der Waals surface area contributed by atoms with Gasteiger partial charge in [0.15, 0.2) is 0 Å². The fraction of sp³-hybridized carbons (Fsp3) is 0.640. The molecule has 0 spiro atoms. The Morgan fingerprint density at radius 3 is 2.50 bits per heavy atom. The minimum atomic E-state index is -0.704. The average molecular weight is 478 g/mol. The molecule has 1 aromatic rings. The molecule has 34 heavy (non-hydrogen) atoms. The van der Waals surface area contributed by atoms with Gasteiger partial charge < -0.3 is 25.0 Å². The predicted molar refractivity (Wildman–Crippen MR) is 128 cm³/mol. The Labute approximate surface area is 200 Å². The van der Waals surface area contributed by atoms with Crippen LogP contribution in [-0.4, -0.2) is 49.8 Å². The summed E-state index contributed by atoms with van der Waals surface area (Å²) in [5, 5.41) is 5.70. The maximum absolute atomic E-state index is 15.3. The number of amides is 2. The Morgan fingerprint density at radius 2 is 1.91 bits per heavy atom. The van der Waals surface area contributed by atoms with Crippen LogP contribution < -0.4 is 15.5 Å². The van der Waals surface area contributed by atoms with Gasteiger partial charge in [-0.1, -0.05) is 0 Å². The van der Waals surface area contributed by atoms with Crippen molar-refractivity contribution in [2.24, 2.45) is 11.8 Å². The number of anilines is 2. The molecule has 9 heteroatoms. The number of ether oxygens (including phenoxy) is 2. The maximum Gasteiger partial charge on any atom is 0.407 e. The third-order valence-electron chi connectivity index (χ3n) is 6.33. The van der Waals surface area contributed by atoms with E-state index in [2.05, 4.69) is 10.6 Å². The van der Waals surface area contributed by atoms with Crippen LogP contribution in [0.5, 0.6) is 0 Å². The molecule has 1 aliphatic heterocycles. The molecule has 8 nitrogen and oxygen atoms in total. The number of benzene rings is 1. The number of alkyl carbamates (subject to hydrolysis) is 1. The highest BCUT2D eigenvalue weighted by atomic mass is 19.1. The second-order valence-corrected chi connectivity index (χ2v) is 10.4. The molecule has 2 atom stereocenters. The lowest BCUT2D eigenvalue weighted by Gasteiger charge is -2.27. The maximum atomic E-state index is 15.3. The summed E-state index contributed by atoms with van der Waals surface area (Å²) in [6, 6.07) is 0.964. The van der Waals surface area contributed by atoms with Crippen molar-refractivity contribution in [3.05, 3.63) is 23.0 Å². The van der Waals surface area contributed by atoms with Gasteiger partial charge in [-0.05, 0) is 77.3 Å². The van der Waals surface area contributed by atoms with Crippen LogP contribution in [0.25, 0.3) is 0 Å². The van der Waals surface area contributed by atoms with Gasteiger partial charge in [0.1, 0.15) is 11.4 Å². The first-order chi connectivity index (χ1) is 15.9. The Hall–Kier alpha value is -2.84. The largest absolute Gasteiger partial charge is 0.465 e. The molecule has 2 fully saturated rings. The van der Waals surface area contributed by atoms with Crippen molar-refractivity contribution in [2.45, 2.75) is 71.9 Å². The van der Waals surface area contributed by atoms with Crippen molar-refractivity contribution < 1.29 is 28.2 Å². The van der Waals surface area contributed by atoms with Crippen molar-refractivity contribution in [3.63, 3.8) is 0 Å². The molecule has 188 valence electrons. The highest BCUT2D eigenvalue weighted by molar-refractivity contribution is 6.03. The van der Waals surface area contributed by atoms with Crippen LogP contribution in [-0.2, 0) is 14.3 Å². The number of nitrogens with one attached hydrogen (secondary N) is 2. The van der Waals surface area contributed by atoms with Gasteiger partial charge in [0.05, 0.1) is 24.0 Å². The number of nitrogens with zero attached hydrogens (tertiary/aromatic N) is 1. The van der Waals surface area contributed by atoms with Gasteiger partial charge in [0, 0.05) is 25.6 Å². The Balaban J connectivity index is 1.79. The van der Waals surface area contributed by atoms with Gasteiger partial charge in [-0.3, -0.25) is 4.79 Å². The van der Waals surface area contributed by atoms with E-state index in [0.717, 1.165) is 25.3 Å². The standard InChI is InChI=1S/C25H36FN3O5/c1-14-21(28-20(30)11-16-7-8-16)18(23(31)33-6)12-19(26)22(14)29-10-9-17(13-29)15(2)27-24(32)34-25(3,4)5/h12,15-17H,7-11,13H2,1-6H3,(H,27,32)(H,28,30)/t15-,17+/m0/s1. The molecular weight excluding hydrogens is 441 g/mol. The molecule has 1 saturated carbocycles. The van der Waals surface area contributed by atoms with E-state index in [-0.39, 0.29) is 29.1 Å². The van der Waals surface area contributed by atoms with E-state index in [4.69, 9.17) is 9.47 Å². The van der Waals surface area contributed by atoms with Crippen LogP contribution in [0.15, 0.2) is 6.07 Å². The monoisotopic (exact) mass is 477 g/mol. The quantitative estimate of drug-likeness (QED) is 0.565. The topological polar surface area (TPSA) is 97.0 Å². The fourth-order valence-electron chi connectivity index (χ4n) is 4.37. The molecular formula is C25H36FN3O5. The molecule has 0 radical (unpaired) electrons. The van der Waals surface area contributed by atoms with E-state index in [1.807, 2.05) is 11.8 Å². The highest BCUT2D eigenvalue weighted by Crippen LogP contribution is 2.38. The normalized spacial score (nSPS) is 18.9. The zero-order chi connectivity index (χ0) is 25.2. The van der Waals surface area contributed by atoms with E-state index >= 15 is 4.39 Å². The van der Waals surface area contributed by atoms with Gasteiger partial charge in [-0.25, -0.2) is 14.0 Å². The number of halogens is 1. The lowest BCUT2D eigenvalue weighted by atomic mass is 10.0. The third-order valence-corrected chi connectivity index (χ3v) is 6.33. The van der Waals surface area contributed by atoms with Crippen LogP contribution in [0.2, 0.25) is 0 Å². The summed E-state index contributed by atoms with van der Waals surface area (Å²) >= 11 is 0. The number of esters is 1. The van der Waals surface area contributed by atoms with Gasteiger partial charge >= 0.3 is 12.1 Å². The van der Waals surface area contributed by atoms with Crippen LogP contribution in [0.4, 0.5) is 20.6 Å². The lowest BCUT2D eigenvalue weighted by Crippen LogP contribution is -2.42. The molecule has 1 heterocycles. The van der Waals surface area contributed by atoms with E-state index < -0.39 is 23.5 Å². The van der Waals surface area contributed by atoms with Crippen molar-refractivity contribution in [3.8, 4) is 0 Å². The summed E-state index contributed by atoms with van der Waals surface area (Å²) in [6.07, 6.45) is 2.69. The van der Waals surface area contributed by atoms with E-state index in [1.54, 1.807) is 27.7 Å². The summed E-state index contributed by atoms with van der Waals surface area (Å²) in [7, 11) is 1.23. The lowest BCUT2D eigenvalue weighted by molar-refractivity contribution is -0.116. The highest BCUT2D eigenvalue weighted by Gasteiger charge is 2.33. The van der Waals surface area contributed by atoms with Crippen molar-refractivity contribution >= 4 is 29.3 Å². The van der Waals surface area contributed by atoms with Crippen LogP contribution in [0, 0.1) is 24.6 Å². The van der Waals surface area contributed by atoms with Gasteiger partial charge in [-0.2, -0.15) is 0 Å². The molecule has 0 bridgehead atoms. The minimum absolute atomic E-state index is 0.00102. The Bertz CT molecular complexity index is 955. The van der Waals surface area contributed by atoms with E-state index in [1.165, 1.54) is 7.11 Å². The number of hydrogen-bond acceptors (Lipinski definition) is 6. The summed E-state index contributed by atoms with van der Waals surface area (Å²) in [5.74, 6) is -0.987. The SMILES string of the molecule is COC(=O)c1cc(F)c(N2CC[C@@H]([C@H](C)NC(=O)OC(C)(C)C)C2)c(C)c1NC(=O)CC1CC1. The van der Waals surface area contributed by atoms with Gasteiger partial charge in [0.2, 0.25) is 5.91 Å². The molecule has 2 aliphatic rings. The summed E-state index contributed by atoms with van der Waals surface area (Å²) < 4.78 is 25.4. The zero-order valence-electron chi connectivity index (χ0n) is 20.9. The average Bonchev–Trinajstić information content (AvgIpc) is 3.40. The molecule has 0 unspecified atom stereocenters. The summed E-state index contributed by atoms with van der Waals surface area (Å²) in [4.78, 5) is 38.9. The number of methoxy groups -OCH3 is 1. The number of carbonyl (C=O) groups excluding carboxylic acids is 3. The smallest absolute Gasteiger partial charge is 0.407 e. The number of rotatable bonds is 7. The minimum Gasteiger partial charge on any atom is -0.465 e. The van der Waals surface area contributed by atoms with Gasteiger partial charge in [-0.15, -0.1) is 0 Å². The number of carbonyl (C=O) groups is 3. The summed E-state index contributed by atoms with van der Waals surface area (Å²) in [6.45, 7) is 10.1. The first kappa shape index (κ1) is 25.8. The van der Waals surface area contributed by atoms with Crippen molar-refractivity contribution in [1.82, 2.24) is 5.32 Å². The van der Waals surface area contributed by atoms with Crippen LogP contribution >= 0.6 is 0 Å². The fourth-order valence-corrected chi connectivity index (χ4v) is 4.37. The van der Waals surface area contributed by atoms with Crippen LogP contribution in [0.3, 0.4) is 0 Å². The molecule has 1 aromatic carbocycles. The number of hydrogen-bond donors (Lipinski definition) is 2. The van der Waals surface area contributed by atoms with Gasteiger partial charge in [0.25, 0.3) is 0 Å². The van der Waals surface area contributed by atoms with Crippen molar-refractivity contribution in [1.29, 1.82) is 0 Å². The molecule has 2 amide bonds.